The van der Waals surface area contributed by atoms with Gasteiger partial charge in [0.05, 0.1) is 23.6 Å². The molecule has 0 aromatic heterocycles. The number of aliphatic carboxylic acids is 1. The third-order valence-electron chi connectivity index (χ3n) is 3.86. The molecule has 0 atom stereocenters. The smallest absolute Gasteiger partial charge is 0.305 e. The molecule has 1 saturated heterocycles. The van der Waals surface area contributed by atoms with Crippen LogP contribution in [0, 0.1) is 0 Å². The molecule has 2 fully saturated rings. The van der Waals surface area contributed by atoms with E-state index < -0.39 is 11.5 Å². The zero-order chi connectivity index (χ0) is 14.6. The molecular formula is C13H20N2O4S. The molecule has 2 rings (SSSR count). The van der Waals surface area contributed by atoms with Crippen LogP contribution in [-0.2, 0) is 14.4 Å². The van der Waals surface area contributed by atoms with E-state index in [2.05, 4.69) is 5.32 Å². The molecule has 0 spiro atoms. The lowest BCUT2D eigenvalue weighted by Crippen LogP contribution is -2.53. The summed E-state index contributed by atoms with van der Waals surface area (Å²) in [7, 11) is 0. The van der Waals surface area contributed by atoms with Gasteiger partial charge in [0.15, 0.2) is 0 Å². The summed E-state index contributed by atoms with van der Waals surface area (Å²) >= 11 is 1.49. The lowest BCUT2D eigenvalue weighted by Gasteiger charge is -2.37. The van der Waals surface area contributed by atoms with Gasteiger partial charge in [0.2, 0.25) is 11.8 Å². The van der Waals surface area contributed by atoms with Crippen LogP contribution in [0.2, 0.25) is 0 Å². The molecule has 1 heterocycles. The maximum atomic E-state index is 12.1. The molecule has 0 aromatic rings. The summed E-state index contributed by atoms with van der Waals surface area (Å²) in [4.78, 5) is 36.1. The van der Waals surface area contributed by atoms with Gasteiger partial charge in [0.25, 0.3) is 0 Å². The van der Waals surface area contributed by atoms with Crippen molar-refractivity contribution in [1.29, 1.82) is 0 Å². The maximum Gasteiger partial charge on any atom is 0.305 e. The number of hydrogen-bond acceptors (Lipinski definition) is 4. The average Bonchev–Trinajstić information content (AvgIpc) is 2.74. The number of thioether (sulfide) groups is 1. The first-order valence-corrected chi connectivity index (χ1v) is 8.05. The van der Waals surface area contributed by atoms with Crippen LogP contribution in [0.3, 0.4) is 0 Å². The molecule has 2 N–H and O–H groups in total. The second kappa shape index (κ2) is 6.47. The second-order valence-electron chi connectivity index (χ2n) is 5.53. The van der Waals surface area contributed by atoms with Crippen molar-refractivity contribution >= 4 is 29.5 Å². The van der Waals surface area contributed by atoms with E-state index in [0.29, 0.717) is 24.5 Å². The van der Waals surface area contributed by atoms with Crippen molar-refractivity contribution in [3.63, 3.8) is 0 Å². The van der Waals surface area contributed by atoms with Gasteiger partial charge in [-0.15, -0.1) is 11.8 Å². The predicted octanol–water partition coefficient (Wildman–Crippen LogP) is 0.813. The zero-order valence-electron chi connectivity index (χ0n) is 11.4. The Labute approximate surface area is 122 Å². The van der Waals surface area contributed by atoms with Crippen LogP contribution in [0.25, 0.3) is 0 Å². The van der Waals surface area contributed by atoms with Gasteiger partial charge in [-0.2, -0.15) is 0 Å². The number of hydrogen-bond donors (Lipinski definition) is 2. The Morgan fingerprint density at radius 3 is 2.55 bits per heavy atom. The van der Waals surface area contributed by atoms with E-state index in [1.807, 2.05) is 0 Å². The Hall–Kier alpha value is -1.24. The highest BCUT2D eigenvalue weighted by molar-refractivity contribution is 8.00. The van der Waals surface area contributed by atoms with Gasteiger partial charge in [-0.05, 0) is 12.8 Å². The highest BCUT2D eigenvalue weighted by Crippen LogP contribution is 2.31. The fraction of sp³-hybridized carbons (Fsp3) is 0.769. The lowest BCUT2D eigenvalue weighted by atomic mass is 9.79. The van der Waals surface area contributed by atoms with Crippen LogP contribution in [-0.4, -0.2) is 51.5 Å². The number of amides is 2. The van der Waals surface area contributed by atoms with Gasteiger partial charge >= 0.3 is 5.97 Å². The van der Waals surface area contributed by atoms with Gasteiger partial charge < -0.3 is 15.3 Å². The molecule has 2 aliphatic rings. The summed E-state index contributed by atoms with van der Waals surface area (Å²) in [6.45, 7) is 0.0349. The normalized spacial score (nSPS) is 21.8. The summed E-state index contributed by atoms with van der Waals surface area (Å²) < 4.78 is 0. The number of carbonyl (C=O) groups excluding carboxylic acids is 2. The zero-order valence-corrected chi connectivity index (χ0v) is 12.2. The first-order chi connectivity index (χ1) is 9.51. The molecule has 1 aliphatic carbocycles. The number of nitrogens with zero attached hydrogens (tertiary/aromatic N) is 1. The largest absolute Gasteiger partial charge is 0.481 e. The Morgan fingerprint density at radius 1 is 1.30 bits per heavy atom. The van der Waals surface area contributed by atoms with E-state index in [9.17, 15) is 14.4 Å². The Morgan fingerprint density at radius 2 is 2.00 bits per heavy atom. The Balaban J connectivity index is 1.94. The van der Waals surface area contributed by atoms with E-state index in [-0.39, 0.29) is 24.8 Å². The van der Waals surface area contributed by atoms with Gasteiger partial charge in [0.1, 0.15) is 6.54 Å². The lowest BCUT2D eigenvalue weighted by molar-refractivity contribution is -0.140. The predicted molar refractivity (Wildman–Crippen MR) is 75.2 cm³/mol. The Kier molecular flexibility index (Phi) is 4.91. The highest BCUT2D eigenvalue weighted by Gasteiger charge is 2.36. The first kappa shape index (κ1) is 15.2. The molecule has 0 bridgehead atoms. The molecule has 20 heavy (non-hydrogen) atoms. The van der Waals surface area contributed by atoms with Crippen molar-refractivity contribution in [1.82, 2.24) is 10.2 Å². The summed E-state index contributed by atoms with van der Waals surface area (Å²) in [5.74, 6) is -0.198. The van der Waals surface area contributed by atoms with Gasteiger partial charge in [-0.1, -0.05) is 19.3 Å². The number of carbonyl (C=O) groups is 3. The number of rotatable bonds is 5. The molecule has 1 saturated carbocycles. The van der Waals surface area contributed by atoms with Gasteiger partial charge in [0, 0.05) is 0 Å². The van der Waals surface area contributed by atoms with Crippen LogP contribution in [0.4, 0.5) is 0 Å². The van der Waals surface area contributed by atoms with Crippen LogP contribution in [0.1, 0.15) is 38.5 Å². The van der Waals surface area contributed by atoms with Crippen molar-refractivity contribution in [3.8, 4) is 0 Å². The number of carboxylic acids is 1. The van der Waals surface area contributed by atoms with E-state index in [4.69, 9.17) is 5.11 Å². The number of nitrogens with one attached hydrogen (secondary N) is 1. The molecule has 0 aromatic carbocycles. The minimum atomic E-state index is -0.889. The van der Waals surface area contributed by atoms with Crippen LogP contribution in [0.5, 0.6) is 0 Å². The summed E-state index contributed by atoms with van der Waals surface area (Å²) in [6.07, 6.45) is 4.32. The van der Waals surface area contributed by atoms with Crippen molar-refractivity contribution in [2.24, 2.45) is 0 Å². The number of carboxylic acid groups (broad SMARTS) is 1. The van der Waals surface area contributed by atoms with Gasteiger partial charge in [-0.25, -0.2) is 0 Å². The fourth-order valence-corrected chi connectivity index (χ4v) is 3.82. The van der Waals surface area contributed by atoms with E-state index in [1.165, 1.54) is 16.7 Å². The van der Waals surface area contributed by atoms with Gasteiger partial charge in [-0.3, -0.25) is 14.4 Å². The van der Waals surface area contributed by atoms with Crippen molar-refractivity contribution in [2.75, 3.05) is 18.2 Å². The topological polar surface area (TPSA) is 86.7 Å². The molecule has 7 heteroatoms. The second-order valence-corrected chi connectivity index (χ2v) is 6.48. The molecule has 112 valence electrons. The molecule has 0 unspecified atom stereocenters. The molecule has 2 amide bonds. The molecule has 0 radical (unpaired) electrons. The van der Waals surface area contributed by atoms with Crippen molar-refractivity contribution < 1.29 is 19.5 Å². The minimum Gasteiger partial charge on any atom is -0.481 e. The SMILES string of the molecule is O=C(O)CC1(NC(=O)CN2CSCC2=O)CCCCC1. The van der Waals surface area contributed by atoms with E-state index >= 15 is 0 Å². The third-order valence-corrected chi connectivity index (χ3v) is 4.81. The quantitative estimate of drug-likeness (QED) is 0.785. The highest BCUT2D eigenvalue weighted by atomic mass is 32.2. The average molecular weight is 300 g/mol. The standard InChI is InChI=1S/C13H20N2O4S/c16-10(7-15-9-20-8-11(15)17)14-13(6-12(18)19)4-2-1-3-5-13/h1-9H2,(H,14,16)(H,18,19). The minimum absolute atomic E-state index is 0.0268. The summed E-state index contributed by atoms with van der Waals surface area (Å²) in [5.41, 5.74) is -0.628. The van der Waals surface area contributed by atoms with Crippen molar-refractivity contribution in [3.05, 3.63) is 0 Å². The van der Waals surface area contributed by atoms with Crippen LogP contribution < -0.4 is 5.32 Å². The van der Waals surface area contributed by atoms with Crippen LogP contribution >= 0.6 is 11.8 Å². The third kappa shape index (κ3) is 3.88. The fourth-order valence-electron chi connectivity index (χ4n) is 2.91. The summed E-state index contributed by atoms with van der Waals surface area (Å²) in [6, 6.07) is 0. The monoisotopic (exact) mass is 300 g/mol. The molecule has 1 aliphatic heterocycles. The Bertz CT molecular complexity index is 407. The van der Waals surface area contributed by atoms with Crippen molar-refractivity contribution in [2.45, 2.75) is 44.1 Å². The van der Waals surface area contributed by atoms with E-state index in [1.54, 1.807) is 0 Å². The van der Waals surface area contributed by atoms with Crippen LogP contribution in [0.15, 0.2) is 0 Å². The maximum absolute atomic E-state index is 12.1. The summed E-state index contributed by atoms with van der Waals surface area (Å²) in [5, 5.41) is 11.9. The molecular weight excluding hydrogens is 280 g/mol. The molecule has 6 nitrogen and oxygen atoms in total. The first-order valence-electron chi connectivity index (χ1n) is 6.89. The van der Waals surface area contributed by atoms with E-state index in [0.717, 1.165) is 19.3 Å².